The number of hydrogen-bond donors (Lipinski definition) is 0. The van der Waals surface area contributed by atoms with Crippen molar-refractivity contribution in [3.05, 3.63) is 0 Å². The van der Waals surface area contributed by atoms with Crippen LogP contribution in [-0.4, -0.2) is 24.5 Å². The second-order valence-electron chi connectivity index (χ2n) is 12.5. The van der Waals surface area contributed by atoms with Crippen molar-refractivity contribution in [2.75, 3.05) is 19.6 Å². The van der Waals surface area contributed by atoms with Crippen LogP contribution in [0, 0.1) is 5.92 Å². The maximum Gasteiger partial charge on any atom is -0.00187 e. The highest BCUT2D eigenvalue weighted by Crippen LogP contribution is 2.15. The van der Waals surface area contributed by atoms with E-state index in [0.29, 0.717) is 0 Å². The number of rotatable bonds is 31. The van der Waals surface area contributed by atoms with E-state index in [9.17, 15) is 0 Å². The fourth-order valence-corrected chi connectivity index (χ4v) is 5.58. The van der Waals surface area contributed by atoms with E-state index in [4.69, 9.17) is 0 Å². The van der Waals surface area contributed by atoms with Crippen molar-refractivity contribution in [2.45, 2.75) is 201 Å². The SMILES string of the molecule is CCCCCCCCCCN(CCCCCCCCCC)CCCCCCCCCCCCC(C)C. The lowest BCUT2D eigenvalue weighted by molar-refractivity contribution is 0.254. The van der Waals surface area contributed by atoms with E-state index in [2.05, 4.69) is 32.6 Å². The van der Waals surface area contributed by atoms with Gasteiger partial charge in [-0.05, 0) is 44.8 Å². The van der Waals surface area contributed by atoms with Gasteiger partial charge in [-0.25, -0.2) is 0 Å². The number of hydrogen-bond acceptors (Lipinski definition) is 1. The van der Waals surface area contributed by atoms with Crippen molar-refractivity contribution < 1.29 is 0 Å². The van der Waals surface area contributed by atoms with Crippen LogP contribution in [0.5, 0.6) is 0 Å². The molecule has 1 heteroatoms. The molecule has 0 aliphatic heterocycles. The molecule has 218 valence electrons. The molecule has 0 heterocycles. The maximum atomic E-state index is 2.84. The predicted octanol–water partition coefficient (Wildman–Crippen LogP) is 12.5. The Morgan fingerprint density at radius 3 is 0.861 bits per heavy atom. The second kappa shape index (κ2) is 31.2. The van der Waals surface area contributed by atoms with Crippen molar-refractivity contribution >= 4 is 0 Å². The molecule has 0 aromatic heterocycles. The molecule has 1 nitrogen and oxygen atoms in total. The predicted molar refractivity (Wildman–Crippen MR) is 167 cm³/mol. The minimum absolute atomic E-state index is 0.890. The summed E-state index contributed by atoms with van der Waals surface area (Å²) in [6.45, 7) is 13.4. The summed E-state index contributed by atoms with van der Waals surface area (Å²) in [5, 5.41) is 0. The third-order valence-electron chi connectivity index (χ3n) is 8.16. The Bertz CT molecular complexity index is 357. The molecule has 0 unspecified atom stereocenters. The van der Waals surface area contributed by atoms with E-state index >= 15 is 0 Å². The van der Waals surface area contributed by atoms with Crippen molar-refractivity contribution in [1.82, 2.24) is 4.90 Å². The van der Waals surface area contributed by atoms with Gasteiger partial charge in [0.25, 0.3) is 0 Å². The zero-order valence-corrected chi connectivity index (χ0v) is 26.2. The average molecular weight is 508 g/mol. The Morgan fingerprint density at radius 2 is 0.583 bits per heavy atom. The summed E-state index contributed by atoms with van der Waals surface area (Å²) in [7, 11) is 0. The molecule has 36 heavy (non-hydrogen) atoms. The van der Waals surface area contributed by atoms with Crippen LogP contribution in [0.1, 0.15) is 201 Å². The van der Waals surface area contributed by atoms with E-state index in [1.807, 2.05) is 0 Å². The molecule has 0 radical (unpaired) electrons. The molecule has 0 saturated heterocycles. The van der Waals surface area contributed by atoms with Crippen LogP contribution < -0.4 is 0 Å². The van der Waals surface area contributed by atoms with Gasteiger partial charge in [-0.2, -0.15) is 0 Å². The first-order valence-electron chi connectivity index (χ1n) is 17.4. The summed E-state index contributed by atoms with van der Waals surface area (Å²) >= 11 is 0. The average Bonchev–Trinajstić information content (AvgIpc) is 2.87. The summed E-state index contributed by atoms with van der Waals surface area (Å²) in [5.74, 6) is 0.890. The number of unbranched alkanes of at least 4 members (excludes halogenated alkanes) is 23. The third kappa shape index (κ3) is 30.2. The Kier molecular flexibility index (Phi) is 31.1. The lowest BCUT2D eigenvalue weighted by Gasteiger charge is -2.22. The monoisotopic (exact) mass is 508 g/mol. The van der Waals surface area contributed by atoms with Crippen molar-refractivity contribution in [1.29, 1.82) is 0 Å². The molecule has 0 bridgehead atoms. The van der Waals surface area contributed by atoms with Crippen LogP contribution in [0.4, 0.5) is 0 Å². The summed E-state index contributed by atoms with van der Waals surface area (Å²) in [6, 6.07) is 0. The van der Waals surface area contributed by atoms with Crippen LogP contribution in [0.3, 0.4) is 0 Å². The van der Waals surface area contributed by atoms with Gasteiger partial charge in [-0.1, -0.05) is 182 Å². The highest BCUT2D eigenvalue weighted by molar-refractivity contribution is 4.61. The van der Waals surface area contributed by atoms with Gasteiger partial charge in [-0.3, -0.25) is 0 Å². The highest BCUT2D eigenvalue weighted by Gasteiger charge is 2.05. The van der Waals surface area contributed by atoms with E-state index in [1.54, 1.807) is 0 Å². The van der Waals surface area contributed by atoms with Gasteiger partial charge in [0, 0.05) is 0 Å². The standard InChI is InChI=1S/C35H73N/c1-5-7-9-11-13-20-24-28-32-36(33-29-25-21-14-12-10-8-6-2)34-30-26-22-18-16-15-17-19-23-27-31-35(3)4/h35H,5-34H2,1-4H3. The molecule has 0 spiro atoms. The van der Waals surface area contributed by atoms with Gasteiger partial charge in [0.15, 0.2) is 0 Å². The van der Waals surface area contributed by atoms with Gasteiger partial charge in [-0.15, -0.1) is 0 Å². The first-order chi connectivity index (χ1) is 17.7. The molecule has 0 aliphatic rings. The highest BCUT2D eigenvalue weighted by atomic mass is 15.1. The van der Waals surface area contributed by atoms with Crippen molar-refractivity contribution in [2.24, 2.45) is 5.92 Å². The van der Waals surface area contributed by atoms with Crippen LogP contribution in [0.2, 0.25) is 0 Å². The largest absolute Gasteiger partial charge is 0.303 e. The van der Waals surface area contributed by atoms with Gasteiger partial charge < -0.3 is 4.90 Å². The molecule has 0 N–H and O–H groups in total. The van der Waals surface area contributed by atoms with Gasteiger partial charge in [0.2, 0.25) is 0 Å². The van der Waals surface area contributed by atoms with E-state index in [-0.39, 0.29) is 0 Å². The molecule has 0 saturated carbocycles. The summed E-state index contributed by atoms with van der Waals surface area (Å²) in [5.41, 5.74) is 0. The fraction of sp³-hybridized carbons (Fsp3) is 1.00. The Hall–Kier alpha value is -0.0400. The van der Waals surface area contributed by atoms with E-state index in [0.717, 1.165) is 5.92 Å². The van der Waals surface area contributed by atoms with Gasteiger partial charge in [0.05, 0.1) is 0 Å². The van der Waals surface area contributed by atoms with Crippen LogP contribution in [-0.2, 0) is 0 Å². The molecule has 0 aromatic rings. The zero-order chi connectivity index (χ0) is 26.4. The first kappa shape index (κ1) is 36.0. The summed E-state index contributed by atoms with van der Waals surface area (Å²) in [4.78, 5) is 2.84. The molecule has 0 fully saturated rings. The molecular weight excluding hydrogens is 434 g/mol. The maximum absolute atomic E-state index is 2.84. The Labute approximate surface area is 231 Å². The molecule has 0 amide bonds. The Morgan fingerprint density at radius 1 is 0.333 bits per heavy atom. The molecule has 0 rings (SSSR count). The van der Waals surface area contributed by atoms with Crippen molar-refractivity contribution in [3.63, 3.8) is 0 Å². The van der Waals surface area contributed by atoms with Gasteiger partial charge in [0.1, 0.15) is 0 Å². The fourth-order valence-electron chi connectivity index (χ4n) is 5.58. The quantitative estimate of drug-likeness (QED) is 0.0843. The summed E-state index contributed by atoms with van der Waals surface area (Å²) in [6.07, 6.45) is 39.2. The second-order valence-corrected chi connectivity index (χ2v) is 12.5. The number of nitrogens with zero attached hydrogens (tertiary/aromatic N) is 1. The lowest BCUT2D eigenvalue weighted by Crippen LogP contribution is -2.27. The normalized spacial score (nSPS) is 11.8. The molecule has 0 aromatic carbocycles. The topological polar surface area (TPSA) is 3.24 Å². The minimum Gasteiger partial charge on any atom is -0.303 e. The summed E-state index contributed by atoms with van der Waals surface area (Å²) < 4.78 is 0. The van der Waals surface area contributed by atoms with Crippen LogP contribution in [0.15, 0.2) is 0 Å². The minimum atomic E-state index is 0.890. The molecule has 0 aliphatic carbocycles. The smallest absolute Gasteiger partial charge is 0.00187 e. The van der Waals surface area contributed by atoms with Gasteiger partial charge >= 0.3 is 0 Å². The first-order valence-corrected chi connectivity index (χ1v) is 17.4. The van der Waals surface area contributed by atoms with E-state index in [1.165, 1.54) is 193 Å². The zero-order valence-electron chi connectivity index (χ0n) is 26.2. The lowest BCUT2D eigenvalue weighted by atomic mass is 10.0. The van der Waals surface area contributed by atoms with E-state index < -0.39 is 0 Å². The molecular formula is C35H73N. The van der Waals surface area contributed by atoms with Crippen LogP contribution in [0.25, 0.3) is 0 Å². The van der Waals surface area contributed by atoms with Crippen LogP contribution >= 0.6 is 0 Å². The Balaban J connectivity index is 3.81. The van der Waals surface area contributed by atoms with Crippen molar-refractivity contribution in [3.8, 4) is 0 Å². The third-order valence-corrected chi connectivity index (χ3v) is 8.16. The molecule has 0 atom stereocenters.